The van der Waals surface area contributed by atoms with Gasteiger partial charge in [0.25, 0.3) is 5.22 Å². The Morgan fingerprint density at radius 1 is 1.17 bits per heavy atom. The van der Waals surface area contributed by atoms with Crippen molar-refractivity contribution < 1.29 is 9.15 Å². The van der Waals surface area contributed by atoms with Gasteiger partial charge in [-0.05, 0) is 41.1 Å². The van der Waals surface area contributed by atoms with E-state index < -0.39 is 0 Å². The highest BCUT2D eigenvalue weighted by molar-refractivity contribution is 7.98. The highest BCUT2D eigenvalue weighted by Gasteiger charge is 2.12. The van der Waals surface area contributed by atoms with Crippen LogP contribution in [0, 0.1) is 0 Å². The molecule has 2 heterocycles. The Kier molecular flexibility index (Phi) is 4.86. The van der Waals surface area contributed by atoms with E-state index in [-0.39, 0.29) is 0 Å². The Bertz CT molecular complexity index is 755. The minimum absolute atomic E-state index is 0.475. The van der Waals surface area contributed by atoms with Crippen molar-refractivity contribution in [1.82, 2.24) is 30.4 Å². The maximum atomic E-state index is 5.66. The summed E-state index contributed by atoms with van der Waals surface area (Å²) in [4.78, 5) is 0. The van der Waals surface area contributed by atoms with Crippen molar-refractivity contribution in [3.63, 3.8) is 0 Å². The molecule has 0 amide bonds. The number of ether oxygens (including phenoxy) is 1. The monoisotopic (exact) mass is 332 g/mol. The molecule has 0 unspecified atom stereocenters. The maximum absolute atomic E-state index is 5.66. The number of benzene rings is 1. The largest absolute Gasteiger partial charge is 0.497 e. The van der Waals surface area contributed by atoms with E-state index in [4.69, 9.17) is 9.15 Å². The molecule has 8 nitrogen and oxygen atoms in total. The Morgan fingerprint density at radius 3 is 2.74 bits per heavy atom. The van der Waals surface area contributed by atoms with Gasteiger partial charge >= 0.3 is 0 Å². The summed E-state index contributed by atoms with van der Waals surface area (Å²) >= 11 is 1.41. The van der Waals surface area contributed by atoms with Crippen LogP contribution >= 0.6 is 11.8 Å². The van der Waals surface area contributed by atoms with Gasteiger partial charge in [0, 0.05) is 12.1 Å². The maximum Gasteiger partial charge on any atom is 0.277 e. The lowest BCUT2D eigenvalue weighted by molar-refractivity contribution is 0.414. The van der Waals surface area contributed by atoms with Crippen LogP contribution < -0.4 is 4.74 Å². The van der Waals surface area contributed by atoms with Crippen LogP contribution in [0.2, 0.25) is 0 Å². The van der Waals surface area contributed by atoms with Crippen molar-refractivity contribution >= 4 is 11.8 Å². The molecule has 0 radical (unpaired) electrons. The second-order valence-corrected chi connectivity index (χ2v) is 5.64. The third kappa shape index (κ3) is 3.67. The van der Waals surface area contributed by atoms with Gasteiger partial charge in [0.2, 0.25) is 5.89 Å². The van der Waals surface area contributed by atoms with Gasteiger partial charge in [-0.25, -0.2) is 4.68 Å². The molecule has 0 saturated heterocycles. The van der Waals surface area contributed by atoms with Gasteiger partial charge < -0.3 is 9.15 Å². The van der Waals surface area contributed by atoms with Crippen molar-refractivity contribution in [3.8, 4) is 17.2 Å². The molecular formula is C14H16N6O2S. The molecule has 0 spiro atoms. The highest BCUT2D eigenvalue weighted by atomic mass is 32.2. The number of hydrogen-bond donors (Lipinski definition) is 0. The summed E-state index contributed by atoms with van der Waals surface area (Å²) in [7, 11) is 1.63. The van der Waals surface area contributed by atoms with E-state index >= 15 is 0 Å². The Balaban J connectivity index is 1.65. The van der Waals surface area contributed by atoms with Crippen LogP contribution in [0.5, 0.6) is 5.75 Å². The van der Waals surface area contributed by atoms with Crippen LogP contribution in [0.25, 0.3) is 11.5 Å². The molecule has 0 bridgehead atoms. The summed E-state index contributed by atoms with van der Waals surface area (Å²) in [5.74, 6) is 2.63. The summed E-state index contributed by atoms with van der Waals surface area (Å²) < 4.78 is 12.6. The Labute approximate surface area is 137 Å². The second-order valence-electron chi connectivity index (χ2n) is 4.71. The number of aromatic nitrogens is 6. The summed E-state index contributed by atoms with van der Waals surface area (Å²) in [5, 5.41) is 20.3. The molecule has 9 heteroatoms. The molecule has 2 aromatic heterocycles. The fourth-order valence-corrected chi connectivity index (χ4v) is 2.65. The molecule has 0 aliphatic heterocycles. The zero-order valence-electron chi connectivity index (χ0n) is 12.8. The van der Waals surface area contributed by atoms with Gasteiger partial charge in [-0.2, -0.15) is 0 Å². The zero-order valence-corrected chi connectivity index (χ0v) is 13.7. The third-order valence-corrected chi connectivity index (χ3v) is 3.92. The smallest absolute Gasteiger partial charge is 0.277 e. The van der Waals surface area contributed by atoms with Crippen LogP contribution in [-0.4, -0.2) is 37.5 Å². The van der Waals surface area contributed by atoms with E-state index in [0.29, 0.717) is 16.9 Å². The molecule has 0 fully saturated rings. The first-order valence-corrected chi connectivity index (χ1v) is 8.14. The minimum Gasteiger partial charge on any atom is -0.497 e. The predicted molar refractivity (Wildman–Crippen MR) is 84.0 cm³/mol. The Hall–Kier alpha value is -2.42. The van der Waals surface area contributed by atoms with Gasteiger partial charge in [-0.1, -0.05) is 18.7 Å². The average Bonchev–Trinajstić information content (AvgIpc) is 3.23. The first-order chi connectivity index (χ1) is 11.3. The molecule has 0 atom stereocenters. The van der Waals surface area contributed by atoms with Gasteiger partial charge in [0.05, 0.1) is 12.9 Å². The Morgan fingerprint density at radius 2 is 2.00 bits per heavy atom. The molecule has 1 aromatic carbocycles. The summed E-state index contributed by atoms with van der Waals surface area (Å²) in [6.07, 6.45) is 0.977. The lowest BCUT2D eigenvalue weighted by atomic mass is 10.2. The number of tetrazole rings is 1. The molecule has 0 saturated carbocycles. The van der Waals surface area contributed by atoms with Crippen molar-refractivity contribution in [2.24, 2.45) is 0 Å². The summed E-state index contributed by atoms with van der Waals surface area (Å²) in [6.45, 7) is 2.88. The van der Waals surface area contributed by atoms with Crippen LogP contribution in [0.15, 0.2) is 33.9 Å². The topological polar surface area (TPSA) is 91.8 Å². The van der Waals surface area contributed by atoms with E-state index in [2.05, 4.69) is 32.6 Å². The van der Waals surface area contributed by atoms with E-state index in [1.54, 1.807) is 11.8 Å². The van der Waals surface area contributed by atoms with Gasteiger partial charge in [0.1, 0.15) is 5.75 Å². The first kappa shape index (κ1) is 15.5. The standard InChI is InChI=1S/C14H16N6O2S/c1-3-8-20-12(15-18-19-20)9-23-14-17-16-13(22-14)10-4-6-11(21-2)7-5-10/h4-7H,3,8-9H2,1-2H3. The quantitative estimate of drug-likeness (QED) is 0.609. The first-order valence-electron chi connectivity index (χ1n) is 7.16. The molecule has 3 rings (SSSR count). The molecular weight excluding hydrogens is 316 g/mol. The van der Waals surface area contributed by atoms with E-state index in [1.807, 2.05) is 24.3 Å². The van der Waals surface area contributed by atoms with E-state index in [1.165, 1.54) is 11.8 Å². The number of nitrogens with zero attached hydrogens (tertiary/aromatic N) is 6. The SMILES string of the molecule is CCCn1nnnc1CSc1nnc(-c2ccc(OC)cc2)o1. The van der Waals surface area contributed by atoms with Crippen molar-refractivity contribution in [2.75, 3.05) is 7.11 Å². The van der Waals surface area contributed by atoms with E-state index in [0.717, 1.165) is 30.1 Å². The highest BCUT2D eigenvalue weighted by Crippen LogP contribution is 2.26. The fraction of sp³-hybridized carbons (Fsp3) is 0.357. The number of methoxy groups -OCH3 is 1. The molecule has 0 aliphatic rings. The molecule has 120 valence electrons. The third-order valence-electron chi connectivity index (χ3n) is 3.11. The predicted octanol–water partition coefficient (Wildman–Crippen LogP) is 2.43. The van der Waals surface area contributed by atoms with Crippen LogP contribution in [0.3, 0.4) is 0 Å². The summed E-state index contributed by atoms with van der Waals surface area (Å²) in [6, 6.07) is 7.46. The molecule has 0 N–H and O–H groups in total. The van der Waals surface area contributed by atoms with Crippen molar-refractivity contribution in [3.05, 3.63) is 30.1 Å². The van der Waals surface area contributed by atoms with Crippen LogP contribution in [0.1, 0.15) is 19.2 Å². The number of rotatable bonds is 7. The van der Waals surface area contributed by atoms with Crippen molar-refractivity contribution in [1.29, 1.82) is 0 Å². The average molecular weight is 332 g/mol. The lowest BCUT2D eigenvalue weighted by Crippen LogP contribution is -2.04. The van der Waals surface area contributed by atoms with Crippen molar-refractivity contribution in [2.45, 2.75) is 30.9 Å². The van der Waals surface area contributed by atoms with Gasteiger partial charge in [-0.15, -0.1) is 15.3 Å². The molecule has 0 aliphatic carbocycles. The molecule has 23 heavy (non-hydrogen) atoms. The second kappa shape index (κ2) is 7.23. The van der Waals surface area contributed by atoms with Gasteiger partial charge in [0.15, 0.2) is 5.82 Å². The van der Waals surface area contributed by atoms with Crippen LogP contribution in [-0.2, 0) is 12.3 Å². The van der Waals surface area contributed by atoms with E-state index in [9.17, 15) is 0 Å². The zero-order chi connectivity index (χ0) is 16.1. The summed E-state index contributed by atoms with van der Waals surface area (Å²) in [5.41, 5.74) is 0.848. The van der Waals surface area contributed by atoms with Gasteiger partial charge in [-0.3, -0.25) is 0 Å². The number of thioether (sulfide) groups is 1. The number of hydrogen-bond acceptors (Lipinski definition) is 8. The van der Waals surface area contributed by atoms with Crippen LogP contribution in [0.4, 0.5) is 0 Å². The lowest BCUT2D eigenvalue weighted by Gasteiger charge is -2.00. The molecule has 3 aromatic rings. The minimum atomic E-state index is 0.475. The normalized spacial score (nSPS) is 10.9. The number of aryl methyl sites for hydroxylation is 1. The fourth-order valence-electron chi connectivity index (χ4n) is 1.96.